The zero-order valence-electron chi connectivity index (χ0n) is 12.3. The average Bonchev–Trinajstić information content (AvgIpc) is 2.93. The Morgan fingerprint density at radius 1 is 1.05 bits per heavy atom. The molecule has 3 fully saturated rings. The largest absolute Gasteiger partial charge is 0.448 e. The summed E-state index contributed by atoms with van der Waals surface area (Å²) < 4.78 is 10.2. The van der Waals surface area contributed by atoms with Crippen LogP contribution >= 0.6 is 0 Å². The average molecular weight is 297 g/mol. The first-order valence-electron chi connectivity index (χ1n) is 7.75. The molecule has 3 aliphatic rings. The zero-order chi connectivity index (χ0) is 14.7. The van der Waals surface area contributed by atoms with Gasteiger partial charge in [0.2, 0.25) is 5.91 Å². The summed E-state index contributed by atoms with van der Waals surface area (Å²) in [6.45, 7) is 6.26. The highest BCUT2D eigenvalue weighted by Gasteiger charge is 2.30. The highest BCUT2D eigenvalue weighted by Crippen LogP contribution is 2.18. The van der Waals surface area contributed by atoms with Gasteiger partial charge in [0.05, 0.1) is 19.8 Å². The summed E-state index contributed by atoms with van der Waals surface area (Å²) in [7, 11) is 0. The minimum atomic E-state index is -0.369. The molecule has 3 aliphatic heterocycles. The van der Waals surface area contributed by atoms with Crippen molar-refractivity contribution in [3.8, 4) is 0 Å². The number of likely N-dealkylation sites (tertiary alicyclic amines) is 1. The number of amides is 2. The van der Waals surface area contributed by atoms with E-state index in [1.54, 1.807) is 0 Å². The van der Waals surface area contributed by atoms with Gasteiger partial charge < -0.3 is 14.4 Å². The number of hydrogen-bond acceptors (Lipinski definition) is 5. The third kappa shape index (κ3) is 3.47. The molecule has 7 heteroatoms. The van der Waals surface area contributed by atoms with Crippen molar-refractivity contribution in [2.24, 2.45) is 0 Å². The Kier molecular flexibility index (Phi) is 4.60. The van der Waals surface area contributed by atoms with E-state index in [9.17, 15) is 9.59 Å². The SMILES string of the molecule is O=C(CN1CCOC1=O)N1CCC(N2CCOCC2)CC1. The van der Waals surface area contributed by atoms with E-state index in [0.29, 0.717) is 19.2 Å². The van der Waals surface area contributed by atoms with Gasteiger partial charge in [0.15, 0.2) is 0 Å². The highest BCUT2D eigenvalue weighted by molar-refractivity contribution is 5.83. The van der Waals surface area contributed by atoms with E-state index < -0.39 is 0 Å². The summed E-state index contributed by atoms with van der Waals surface area (Å²) >= 11 is 0. The van der Waals surface area contributed by atoms with Crippen LogP contribution in [0.25, 0.3) is 0 Å². The van der Waals surface area contributed by atoms with Gasteiger partial charge in [-0.3, -0.25) is 14.6 Å². The minimum Gasteiger partial charge on any atom is -0.448 e. The van der Waals surface area contributed by atoms with Gasteiger partial charge >= 0.3 is 6.09 Å². The van der Waals surface area contributed by atoms with Gasteiger partial charge in [0, 0.05) is 32.2 Å². The lowest BCUT2D eigenvalue weighted by atomic mass is 10.0. The van der Waals surface area contributed by atoms with Gasteiger partial charge in [0.1, 0.15) is 13.2 Å². The molecule has 0 N–H and O–H groups in total. The monoisotopic (exact) mass is 297 g/mol. The van der Waals surface area contributed by atoms with Crippen LogP contribution in [0, 0.1) is 0 Å². The fourth-order valence-corrected chi connectivity index (χ4v) is 3.26. The second-order valence-electron chi connectivity index (χ2n) is 5.80. The Labute approximate surface area is 124 Å². The maximum Gasteiger partial charge on any atom is 0.410 e. The van der Waals surface area contributed by atoms with Crippen molar-refractivity contribution in [2.75, 3.05) is 59.1 Å². The lowest BCUT2D eigenvalue weighted by Crippen LogP contribution is -2.51. The first kappa shape index (κ1) is 14.6. The van der Waals surface area contributed by atoms with Crippen molar-refractivity contribution in [2.45, 2.75) is 18.9 Å². The number of nitrogens with zero attached hydrogens (tertiary/aromatic N) is 3. The molecule has 118 valence electrons. The molecule has 0 bridgehead atoms. The van der Waals surface area contributed by atoms with Crippen molar-refractivity contribution >= 4 is 12.0 Å². The van der Waals surface area contributed by atoms with E-state index in [2.05, 4.69) is 4.90 Å². The van der Waals surface area contributed by atoms with Crippen molar-refractivity contribution in [1.82, 2.24) is 14.7 Å². The van der Waals surface area contributed by atoms with Gasteiger partial charge in [-0.25, -0.2) is 4.79 Å². The molecule has 0 spiro atoms. The Bertz CT molecular complexity index is 390. The van der Waals surface area contributed by atoms with E-state index in [1.165, 1.54) is 4.90 Å². The first-order chi connectivity index (χ1) is 10.2. The number of rotatable bonds is 3. The molecule has 3 saturated heterocycles. The maximum atomic E-state index is 12.2. The number of ether oxygens (including phenoxy) is 2. The van der Waals surface area contributed by atoms with Crippen LogP contribution in [0.1, 0.15) is 12.8 Å². The molecule has 3 rings (SSSR count). The smallest absolute Gasteiger partial charge is 0.410 e. The molecule has 2 amide bonds. The number of carbonyl (C=O) groups excluding carboxylic acids is 2. The van der Waals surface area contributed by atoms with Gasteiger partial charge in [-0.15, -0.1) is 0 Å². The molecule has 21 heavy (non-hydrogen) atoms. The number of piperidine rings is 1. The Morgan fingerprint density at radius 3 is 2.38 bits per heavy atom. The lowest BCUT2D eigenvalue weighted by molar-refractivity contribution is -0.133. The molecule has 0 unspecified atom stereocenters. The summed E-state index contributed by atoms with van der Waals surface area (Å²) in [6, 6.07) is 0.565. The van der Waals surface area contributed by atoms with Crippen molar-refractivity contribution in [3.05, 3.63) is 0 Å². The number of morpholine rings is 1. The summed E-state index contributed by atoms with van der Waals surface area (Å²) in [5.41, 5.74) is 0. The predicted molar refractivity (Wildman–Crippen MR) is 74.9 cm³/mol. The molecule has 0 aromatic heterocycles. The zero-order valence-corrected chi connectivity index (χ0v) is 12.3. The maximum absolute atomic E-state index is 12.2. The normalized spacial score (nSPS) is 25.2. The molecule has 0 aliphatic carbocycles. The third-order valence-electron chi connectivity index (χ3n) is 4.55. The topological polar surface area (TPSA) is 62.3 Å². The van der Waals surface area contributed by atoms with E-state index in [0.717, 1.165) is 52.2 Å². The molecule has 0 aromatic carbocycles. The Hall–Kier alpha value is -1.34. The molecule has 7 nitrogen and oxygen atoms in total. The van der Waals surface area contributed by atoms with Crippen LogP contribution in [0.4, 0.5) is 4.79 Å². The summed E-state index contributed by atoms with van der Waals surface area (Å²) in [5.74, 6) is 0.0364. The van der Waals surface area contributed by atoms with Crippen LogP contribution in [0.3, 0.4) is 0 Å². The van der Waals surface area contributed by atoms with Gasteiger partial charge in [0.25, 0.3) is 0 Å². The van der Waals surface area contributed by atoms with Crippen molar-refractivity contribution in [3.63, 3.8) is 0 Å². The fourth-order valence-electron chi connectivity index (χ4n) is 3.26. The summed E-state index contributed by atoms with van der Waals surface area (Å²) in [6.07, 6.45) is 1.65. The Balaban J connectivity index is 1.44. The molecule has 0 atom stereocenters. The van der Waals surface area contributed by atoms with Crippen LogP contribution in [-0.4, -0.2) is 91.8 Å². The molecular weight excluding hydrogens is 274 g/mol. The third-order valence-corrected chi connectivity index (χ3v) is 4.55. The molecule has 0 aromatic rings. The quantitative estimate of drug-likeness (QED) is 0.719. The van der Waals surface area contributed by atoms with Gasteiger partial charge in [-0.05, 0) is 12.8 Å². The van der Waals surface area contributed by atoms with Crippen molar-refractivity contribution in [1.29, 1.82) is 0 Å². The van der Waals surface area contributed by atoms with E-state index >= 15 is 0 Å². The lowest BCUT2D eigenvalue weighted by Gasteiger charge is -2.40. The van der Waals surface area contributed by atoms with Crippen LogP contribution in [0.15, 0.2) is 0 Å². The fraction of sp³-hybridized carbons (Fsp3) is 0.857. The van der Waals surface area contributed by atoms with Crippen LogP contribution in [0.5, 0.6) is 0 Å². The van der Waals surface area contributed by atoms with E-state index in [4.69, 9.17) is 9.47 Å². The molecule has 3 heterocycles. The van der Waals surface area contributed by atoms with Crippen LogP contribution in [0.2, 0.25) is 0 Å². The first-order valence-corrected chi connectivity index (χ1v) is 7.75. The van der Waals surface area contributed by atoms with Crippen LogP contribution < -0.4 is 0 Å². The second-order valence-corrected chi connectivity index (χ2v) is 5.80. The highest BCUT2D eigenvalue weighted by atomic mass is 16.6. The van der Waals surface area contributed by atoms with Crippen molar-refractivity contribution < 1.29 is 19.1 Å². The number of hydrogen-bond donors (Lipinski definition) is 0. The summed E-state index contributed by atoms with van der Waals surface area (Å²) in [5, 5.41) is 0. The molecule has 0 radical (unpaired) electrons. The Morgan fingerprint density at radius 2 is 1.76 bits per heavy atom. The van der Waals surface area contributed by atoms with E-state index in [-0.39, 0.29) is 18.5 Å². The number of cyclic esters (lactones) is 1. The standard InChI is InChI=1S/C14H23N3O4/c18-13(11-17-7-10-21-14(17)19)16-3-1-12(2-4-16)15-5-8-20-9-6-15/h12H,1-11H2. The minimum absolute atomic E-state index is 0.0364. The molecular formula is C14H23N3O4. The van der Waals surface area contributed by atoms with Crippen LogP contribution in [-0.2, 0) is 14.3 Å². The summed E-state index contributed by atoms with van der Waals surface area (Å²) in [4.78, 5) is 29.4. The van der Waals surface area contributed by atoms with E-state index in [1.807, 2.05) is 4.90 Å². The molecule has 0 saturated carbocycles. The second kappa shape index (κ2) is 6.62. The predicted octanol–water partition coefficient (Wildman–Crippen LogP) is -0.238. The van der Waals surface area contributed by atoms with Gasteiger partial charge in [-0.1, -0.05) is 0 Å². The number of carbonyl (C=O) groups is 2. The van der Waals surface area contributed by atoms with Gasteiger partial charge in [-0.2, -0.15) is 0 Å².